The number of aromatic nitrogens is 2. The van der Waals surface area contributed by atoms with Gasteiger partial charge in [-0.25, -0.2) is 0 Å². The van der Waals surface area contributed by atoms with Gasteiger partial charge in [-0.3, -0.25) is 9.48 Å². The smallest absolute Gasteiger partial charge is 0.269 e. The zero-order valence-corrected chi connectivity index (χ0v) is 12.9. The zero-order chi connectivity index (χ0) is 15.4. The molecule has 2 aromatic rings. The Bertz CT molecular complexity index is 661. The highest BCUT2D eigenvalue weighted by atomic mass is 32.1. The van der Waals surface area contributed by atoms with E-state index in [9.17, 15) is 4.79 Å². The fraction of sp³-hybridized carbons (Fsp3) is 0.267. The summed E-state index contributed by atoms with van der Waals surface area (Å²) in [5.74, 6) is -0.136. The first-order chi connectivity index (χ1) is 10.0. The van der Waals surface area contributed by atoms with E-state index in [0.717, 1.165) is 23.2 Å². The molecule has 1 amide bonds. The standard InChI is InChI=1S/C15H18N4OS/c1-3-12-8-13(19(2)18-12)15(20)17-9-10-4-6-11(7-5-10)14(16)21/h4-8H,3,9H2,1-2H3,(H2,16,21)(H,17,20). The summed E-state index contributed by atoms with van der Waals surface area (Å²) in [7, 11) is 1.77. The molecule has 0 aliphatic rings. The fourth-order valence-electron chi connectivity index (χ4n) is 1.97. The number of hydrogen-bond donors (Lipinski definition) is 2. The van der Waals surface area contributed by atoms with Gasteiger partial charge in [0.25, 0.3) is 5.91 Å². The molecule has 0 saturated heterocycles. The first-order valence-corrected chi connectivity index (χ1v) is 7.12. The summed E-state index contributed by atoms with van der Waals surface area (Å²) >= 11 is 4.90. The predicted molar refractivity (Wildman–Crippen MR) is 86.1 cm³/mol. The second-order valence-corrected chi connectivity index (χ2v) is 5.18. The quantitative estimate of drug-likeness (QED) is 0.822. The highest BCUT2D eigenvalue weighted by Crippen LogP contribution is 2.06. The summed E-state index contributed by atoms with van der Waals surface area (Å²) in [6.07, 6.45) is 0.807. The minimum absolute atomic E-state index is 0.136. The maximum absolute atomic E-state index is 12.1. The Morgan fingerprint density at radius 1 is 1.38 bits per heavy atom. The molecule has 0 spiro atoms. The Hall–Kier alpha value is -2.21. The molecule has 110 valence electrons. The molecule has 2 rings (SSSR count). The maximum Gasteiger partial charge on any atom is 0.269 e. The third-order valence-electron chi connectivity index (χ3n) is 3.22. The average Bonchev–Trinajstić information content (AvgIpc) is 2.86. The second kappa shape index (κ2) is 6.49. The molecule has 1 aromatic carbocycles. The molecule has 5 nitrogen and oxygen atoms in total. The summed E-state index contributed by atoms with van der Waals surface area (Å²) in [6.45, 7) is 2.45. The van der Waals surface area contributed by atoms with Crippen LogP contribution in [0.5, 0.6) is 0 Å². The fourth-order valence-corrected chi connectivity index (χ4v) is 2.11. The number of nitrogens with two attached hydrogens (primary N) is 1. The van der Waals surface area contributed by atoms with E-state index in [-0.39, 0.29) is 5.91 Å². The summed E-state index contributed by atoms with van der Waals surface area (Å²) in [4.78, 5) is 12.5. The monoisotopic (exact) mass is 302 g/mol. The van der Waals surface area contributed by atoms with E-state index in [4.69, 9.17) is 18.0 Å². The lowest BCUT2D eigenvalue weighted by molar-refractivity contribution is 0.0941. The van der Waals surface area contributed by atoms with Crippen LogP contribution < -0.4 is 11.1 Å². The van der Waals surface area contributed by atoms with Crippen LogP contribution in [-0.2, 0) is 20.0 Å². The molecular formula is C15H18N4OS. The van der Waals surface area contributed by atoms with Gasteiger partial charge in [0.15, 0.2) is 0 Å². The zero-order valence-electron chi connectivity index (χ0n) is 12.1. The Morgan fingerprint density at radius 2 is 2.05 bits per heavy atom. The van der Waals surface area contributed by atoms with Crippen molar-refractivity contribution in [3.8, 4) is 0 Å². The molecule has 0 bridgehead atoms. The minimum Gasteiger partial charge on any atom is -0.389 e. The molecule has 0 aliphatic carbocycles. The van der Waals surface area contributed by atoms with Crippen LogP contribution in [0.15, 0.2) is 30.3 Å². The minimum atomic E-state index is -0.136. The Morgan fingerprint density at radius 3 is 2.57 bits per heavy atom. The summed E-state index contributed by atoms with van der Waals surface area (Å²) in [5.41, 5.74) is 8.82. The van der Waals surface area contributed by atoms with Crippen molar-refractivity contribution in [2.45, 2.75) is 19.9 Å². The number of nitrogens with one attached hydrogen (secondary N) is 1. The first kappa shape index (κ1) is 15.2. The van der Waals surface area contributed by atoms with Crippen LogP contribution in [0.25, 0.3) is 0 Å². The van der Waals surface area contributed by atoms with Crippen molar-refractivity contribution in [1.29, 1.82) is 0 Å². The number of nitrogens with zero attached hydrogens (tertiary/aromatic N) is 2. The van der Waals surface area contributed by atoms with Gasteiger partial charge in [-0.1, -0.05) is 43.4 Å². The predicted octanol–water partition coefficient (Wildman–Crippen LogP) is 1.55. The molecule has 21 heavy (non-hydrogen) atoms. The average molecular weight is 302 g/mol. The third-order valence-corrected chi connectivity index (χ3v) is 3.45. The number of carbonyl (C=O) groups is 1. The molecule has 0 radical (unpaired) electrons. The van der Waals surface area contributed by atoms with Crippen LogP contribution in [0, 0.1) is 0 Å². The number of rotatable bonds is 5. The molecule has 1 aromatic heterocycles. The highest BCUT2D eigenvalue weighted by molar-refractivity contribution is 7.80. The topological polar surface area (TPSA) is 72.9 Å². The van der Waals surface area contributed by atoms with Gasteiger partial charge < -0.3 is 11.1 Å². The number of hydrogen-bond acceptors (Lipinski definition) is 3. The van der Waals surface area contributed by atoms with E-state index in [0.29, 0.717) is 17.2 Å². The normalized spacial score (nSPS) is 10.4. The van der Waals surface area contributed by atoms with Crippen molar-refractivity contribution in [3.63, 3.8) is 0 Å². The largest absolute Gasteiger partial charge is 0.389 e. The van der Waals surface area contributed by atoms with Crippen LogP contribution in [0.2, 0.25) is 0 Å². The van der Waals surface area contributed by atoms with E-state index in [1.807, 2.05) is 37.3 Å². The Balaban J connectivity index is 2.00. The van der Waals surface area contributed by atoms with Gasteiger partial charge in [0.2, 0.25) is 0 Å². The van der Waals surface area contributed by atoms with Gasteiger partial charge >= 0.3 is 0 Å². The van der Waals surface area contributed by atoms with Gasteiger partial charge in [-0.2, -0.15) is 5.10 Å². The molecular weight excluding hydrogens is 284 g/mol. The molecule has 6 heteroatoms. The number of benzene rings is 1. The molecule has 0 unspecified atom stereocenters. The molecule has 0 fully saturated rings. The lowest BCUT2D eigenvalue weighted by Gasteiger charge is -2.06. The van der Waals surface area contributed by atoms with Gasteiger partial charge in [0.1, 0.15) is 10.7 Å². The highest BCUT2D eigenvalue weighted by Gasteiger charge is 2.12. The van der Waals surface area contributed by atoms with Crippen LogP contribution in [0.4, 0.5) is 0 Å². The Labute approximate surface area is 129 Å². The second-order valence-electron chi connectivity index (χ2n) is 4.74. The summed E-state index contributed by atoms with van der Waals surface area (Å²) in [6, 6.07) is 9.31. The van der Waals surface area contributed by atoms with Crippen molar-refractivity contribution >= 4 is 23.1 Å². The van der Waals surface area contributed by atoms with E-state index in [2.05, 4.69) is 10.4 Å². The Kier molecular flexibility index (Phi) is 4.70. The molecule has 0 saturated carbocycles. The van der Waals surface area contributed by atoms with Gasteiger partial charge in [-0.05, 0) is 18.1 Å². The lowest BCUT2D eigenvalue weighted by atomic mass is 10.1. The number of carbonyl (C=O) groups excluding carboxylic acids is 1. The number of aryl methyl sites for hydroxylation is 2. The van der Waals surface area contributed by atoms with Gasteiger partial charge in [0, 0.05) is 19.2 Å². The van der Waals surface area contributed by atoms with Crippen molar-refractivity contribution in [2.75, 3.05) is 0 Å². The van der Waals surface area contributed by atoms with Crippen LogP contribution >= 0.6 is 12.2 Å². The SMILES string of the molecule is CCc1cc(C(=O)NCc2ccc(C(N)=S)cc2)n(C)n1. The maximum atomic E-state index is 12.1. The summed E-state index contributed by atoms with van der Waals surface area (Å²) < 4.78 is 1.60. The van der Waals surface area contributed by atoms with Gasteiger partial charge in [0.05, 0.1) is 5.69 Å². The first-order valence-electron chi connectivity index (χ1n) is 6.71. The van der Waals surface area contributed by atoms with E-state index in [1.165, 1.54) is 0 Å². The van der Waals surface area contributed by atoms with Crippen molar-refractivity contribution in [3.05, 3.63) is 52.8 Å². The third kappa shape index (κ3) is 3.66. The van der Waals surface area contributed by atoms with Crippen molar-refractivity contribution in [1.82, 2.24) is 15.1 Å². The van der Waals surface area contributed by atoms with Crippen LogP contribution in [-0.4, -0.2) is 20.7 Å². The molecule has 0 aliphatic heterocycles. The van der Waals surface area contributed by atoms with E-state index < -0.39 is 0 Å². The van der Waals surface area contributed by atoms with Crippen LogP contribution in [0.3, 0.4) is 0 Å². The van der Waals surface area contributed by atoms with Crippen molar-refractivity contribution < 1.29 is 4.79 Å². The summed E-state index contributed by atoms with van der Waals surface area (Å²) in [5, 5.41) is 7.14. The lowest BCUT2D eigenvalue weighted by Crippen LogP contribution is -2.25. The van der Waals surface area contributed by atoms with Gasteiger partial charge in [-0.15, -0.1) is 0 Å². The molecule has 0 atom stereocenters. The van der Waals surface area contributed by atoms with Crippen molar-refractivity contribution in [2.24, 2.45) is 12.8 Å². The number of thiocarbonyl (C=S) groups is 1. The molecule has 3 N–H and O–H groups in total. The van der Waals surface area contributed by atoms with E-state index in [1.54, 1.807) is 11.7 Å². The van der Waals surface area contributed by atoms with Crippen LogP contribution in [0.1, 0.15) is 34.2 Å². The number of amides is 1. The van der Waals surface area contributed by atoms with E-state index >= 15 is 0 Å². The molecule has 1 heterocycles.